The zero-order valence-corrected chi connectivity index (χ0v) is 9.63. The summed E-state index contributed by atoms with van der Waals surface area (Å²) >= 11 is 0. The van der Waals surface area contributed by atoms with E-state index in [9.17, 15) is 15.0 Å². The van der Waals surface area contributed by atoms with Crippen molar-refractivity contribution in [3.8, 4) is 0 Å². The van der Waals surface area contributed by atoms with Crippen LogP contribution in [0.4, 0.5) is 0 Å². The molecule has 0 heterocycles. The van der Waals surface area contributed by atoms with Crippen LogP contribution < -0.4 is 5.11 Å². The van der Waals surface area contributed by atoms with Gasteiger partial charge in [0.25, 0.3) is 0 Å². The Bertz CT molecular complexity index is 203. The molecule has 0 aromatic heterocycles. The van der Waals surface area contributed by atoms with Crippen LogP contribution >= 0.6 is 0 Å². The summed E-state index contributed by atoms with van der Waals surface area (Å²) in [4.78, 5) is 10.7. The zero-order chi connectivity index (χ0) is 12.6. The van der Waals surface area contributed by atoms with Crippen molar-refractivity contribution in [1.82, 2.24) is 0 Å². The standard InChI is InChI=1S/C10H21NO5/c1-2-9(14)7-11(3-5-12,4-6-13)8-10(15)16/h9,12-14H,2-8H2,1H3. The lowest BCUT2D eigenvalue weighted by atomic mass is 10.2. The molecule has 0 bridgehead atoms. The Morgan fingerprint density at radius 3 is 2.12 bits per heavy atom. The van der Waals surface area contributed by atoms with Gasteiger partial charge in [-0.2, -0.15) is 0 Å². The summed E-state index contributed by atoms with van der Waals surface area (Å²) < 4.78 is -0.0513. The van der Waals surface area contributed by atoms with Gasteiger partial charge in [0.15, 0.2) is 0 Å². The van der Waals surface area contributed by atoms with Gasteiger partial charge in [0, 0.05) is 0 Å². The second-order valence-electron chi connectivity index (χ2n) is 4.01. The Morgan fingerprint density at radius 1 is 1.31 bits per heavy atom. The molecular formula is C10H21NO5. The Labute approximate surface area is 95.3 Å². The minimum Gasteiger partial charge on any atom is -0.544 e. The third kappa shape index (κ3) is 5.41. The van der Waals surface area contributed by atoms with Crippen LogP contribution in [0.5, 0.6) is 0 Å². The predicted octanol–water partition coefficient (Wildman–Crippen LogP) is -2.69. The SMILES string of the molecule is CCC(O)C[N+](CCO)(CCO)CC(=O)[O-]. The third-order valence-electron chi connectivity index (χ3n) is 2.68. The van der Waals surface area contributed by atoms with Gasteiger partial charge in [-0.05, 0) is 6.42 Å². The number of aliphatic hydroxyl groups is 3. The zero-order valence-electron chi connectivity index (χ0n) is 9.63. The maximum Gasteiger partial charge on any atom is 0.119 e. The van der Waals surface area contributed by atoms with Crippen LogP contribution in [0.3, 0.4) is 0 Å². The molecule has 16 heavy (non-hydrogen) atoms. The van der Waals surface area contributed by atoms with E-state index in [1.54, 1.807) is 6.92 Å². The number of quaternary nitrogens is 1. The summed E-state index contributed by atoms with van der Waals surface area (Å²) in [6.45, 7) is 1.67. The Hall–Kier alpha value is -0.690. The van der Waals surface area contributed by atoms with Gasteiger partial charge < -0.3 is 29.7 Å². The van der Waals surface area contributed by atoms with Gasteiger partial charge in [-0.1, -0.05) is 6.92 Å². The van der Waals surface area contributed by atoms with Gasteiger partial charge in [0.1, 0.15) is 32.3 Å². The number of nitrogens with zero attached hydrogens (tertiary/aromatic N) is 1. The molecule has 0 aliphatic rings. The van der Waals surface area contributed by atoms with Crippen molar-refractivity contribution in [2.24, 2.45) is 0 Å². The van der Waals surface area contributed by atoms with E-state index in [1.807, 2.05) is 0 Å². The first-order chi connectivity index (χ1) is 7.49. The van der Waals surface area contributed by atoms with Crippen molar-refractivity contribution in [3.05, 3.63) is 0 Å². The highest BCUT2D eigenvalue weighted by Crippen LogP contribution is 2.09. The van der Waals surface area contributed by atoms with E-state index >= 15 is 0 Å². The van der Waals surface area contributed by atoms with Crippen molar-refractivity contribution in [2.75, 3.05) is 39.4 Å². The highest BCUT2D eigenvalue weighted by Gasteiger charge is 2.29. The Balaban J connectivity index is 4.68. The van der Waals surface area contributed by atoms with E-state index in [2.05, 4.69) is 0 Å². The maximum atomic E-state index is 10.7. The average Bonchev–Trinajstić information content (AvgIpc) is 2.17. The molecule has 0 spiro atoms. The molecule has 0 aromatic rings. The molecule has 0 aliphatic heterocycles. The first-order valence-electron chi connectivity index (χ1n) is 5.44. The Morgan fingerprint density at radius 2 is 1.81 bits per heavy atom. The monoisotopic (exact) mass is 235 g/mol. The van der Waals surface area contributed by atoms with Gasteiger partial charge in [-0.25, -0.2) is 0 Å². The number of aliphatic hydroxyl groups excluding tert-OH is 3. The van der Waals surface area contributed by atoms with E-state index < -0.39 is 12.1 Å². The van der Waals surface area contributed by atoms with Gasteiger partial charge in [0.05, 0.1) is 19.2 Å². The summed E-state index contributed by atoms with van der Waals surface area (Å²) in [5.41, 5.74) is 0. The molecule has 0 fully saturated rings. The lowest BCUT2D eigenvalue weighted by molar-refractivity contribution is -0.926. The summed E-state index contributed by atoms with van der Waals surface area (Å²) in [5.74, 6) is -1.25. The fourth-order valence-electron chi connectivity index (χ4n) is 1.79. The highest BCUT2D eigenvalue weighted by molar-refractivity contribution is 5.65. The normalized spacial score (nSPS) is 13.8. The number of carboxylic acids is 1. The van der Waals surface area contributed by atoms with Crippen molar-refractivity contribution >= 4 is 5.97 Å². The van der Waals surface area contributed by atoms with Gasteiger partial charge in [0.2, 0.25) is 0 Å². The van der Waals surface area contributed by atoms with Gasteiger partial charge in [-0.3, -0.25) is 0 Å². The predicted molar refractivity (Wildman–Crippen MR) is 55.2 cm³/mol. The number of carbonyl (C=O) groups excluding carboxylic acids is 1. The molecule has 3 N–H and O–H groups in total. The maximum absolute atomic E-state index is 10.7. The highest BCUT2D eigenvalue weighted by atomic mass is 16.4. The minimum atomic E-state index is -1.25. The van der Waals surface area contributed by atoms with E-state index in [4.69, 9.17) is 10.2 Å². The van der Waals surface area contributed by atoms with E-state index in [-0.39, 0.29) is 43.9 Å². The average molecular weight is 235 g/mol. The Kier molecular flexibility index (Phi) is 7.24. The lowest BCUT2D eigenvalue weighted by Gasteiger charge is -2.39. The lowest BCUT2D eigenvalue weighted by Crippen LogP contribution is -2.59. The molecule has 0 saturated carbocycles. The molecule has 1 unspecified atom stereocenters. The van der Waals surface area contributed by atoms with Crippen LogP contribution in [0.25, 0.3) is 0 Å². The quantitative estimate of drug-likeness (QED) is 0.378. The number of aliphatic carboxylic acids is 1. The summed E-state index contributed by atoms with van der Waals surface area (Å²) in [5, 5.41) is 38.1. The molecule has 0 aliphatic carbocycles. The van der Waals surface area contributed by atoms with Crippen molar-refractivity contribution in [3.63, 3.8) is 0 Å². The molecule has 0 rings (SSSR count). The number of hydrogen-bond donors (Lipinski definition) is 3. The fraction of sp³-hybridized carbons (Fsp3) is 0.900. The number of carbonyl (C=O) groups is 1. The molecule has 0 amide bonds. The molecule has 0 radical (unpaired) electrons. The van der Waals surface area contributed by atoms with Crippen LogP contribution in [0.1, 0.15) is 13.3 Å². The van der Waals surface area contributed by atoms with Crippen molar-refractivity contribution in [1.29, 1.82) is 0 Å². The van der Waals surface area contributed by atoms with Crippen molar-refractivity contribution in [2.45, 2.75) is 19.4 Å². The number of hydrogen-bond acceptors (Lipinski definition) is 5. The third-order valence-corrected chi connectivity index (χ3v) is 2.68. The molecule has 0 aromatic carbocycles. The topological polar surface area (TPSA) is 101 Å². The second-order valence-corrected chi connectivity index (χ2v) is 4.01. The van der Waals surface area contributed by atoms with Crippen LogP contribution in [-0.4, -0.2) is 71.3 Å². The number of carboxylic acid groups (broad SMARTS) is 1. The summed E-state index contributed by atoms with van der Waals surface area (Å²) in [7, 11) is 0. The second kappa shape index (κ2) is 7.56. The minimum absolute atomic E-state index is 0.0513. The van der Waals surface area contributed by atoms with Crippen LogP contribution in [0.15, 0.2) is 0 Å². The van der Waals surface area contributed by atoms with E-state index in [0.717, 1.165) is 0 Å². The van der Waals surface area contributed by atoms with Crippen molar-refractivity contribution < 1.29 is 29.7 Å². The van der Waals surface area contributed by atoms with Crippen LogP contribution in [0.2, 0.25) is 0 Å². The molecular weight excluding hydrogens is 214 g/mol. The molecule has 0 saturated heterocycles. The first kappa shape index (κ1) is 15.3. The molecule has 96 valence electrons. The molecule has 6 heteroatoms. The van der Waals surface area contributed by atoms with E-state index in [0.29, 0.717) is 6.42 Å². The van der Waals surface area contributed by atoms with Gasteiger partial charge in [-0.15, -0.1) is 0 Å². The summed E-state index contributed by atoms with van der Waals surface area (Å²) in [6.07, 6.45) is -0.137. The molecule has 1 atom stereocenters. The van der Waals surface area contributed by atoms with Crippen LogP contribution in [-0.2, 0) is 4.79 Å². The largest absolute Gasteiger partial charge is 0.544 e. The van der Waals surface area contributed by atoms with Crippen LogP contribution in [0, 0.1) is 0 Å². The molecule has 6 nitrogen and oxygen atoms in total. The number of rotatable bonds is 9. The van der Waals surface area contributed by atoms with E-state index in [1.165, 1.54) is 0 Å². The summed E-state index contributed by atoms with van der Waals surface area (Å²) in [6, 6.07) is 0. The van der Waals surface area contributed by atoms with Gasteiger partial charge >= 0.3 is 0 Å². The smallest absolute Gasteiger partial charge is 0.119 e. The fourth-order valence-corrected chi connectivity index (χ4v) is 1.79. The first-order valence-corrected chi connectivity index (χ1v) is 5.44.